The first-order chi connectivity index (χ1) is 13.1. The summed E-state index contributed by atoms with van der Waals surface area (Å²) in [6, 6.07) is 34.5. The van der Waals surface area contributed by atoms with E-state index in [-0.39, 0.29) is 0 Å². The Balaban J connectivity index is 1.62. The predicted octanol–water partition coefficient (Wildman–Crippen LogP) is 5.24. The number of benzene rings is 4. The quantitative estimate of drug-likeness (QED) is 0.499. The van der Waals surface area contributed by atoms with E-state index >= 15 is 0 Å². The lowest BCUT2D eigenvalue weighted by atomic mass is 10.1. The minimum absolute atomic E-state index is 0.439. The maximum atomic E-state index is 13.1. The van der Waals surface area contributed by atoms with Crippen molar-refractivity contribution < 1.29 is 9.46 Å². The Morgan fingerprint density at radius 1 is 0.444 bits per heavy atom. The standard InChI is InChI=1S/C24H19O2P/c25-27(26,23-15-11-21(12-16-23)19-7-3-1-4-8-19)24-17-13-22(14-18-24)20-9-5-2-6-10-20/h1-18H,(H,25,26). The summed E-state index contributed by atoms with van der Waals surface area (Å²) in [5.41, 5.74) is 4.23. The van der Waals surface area contributed by atoms with Gasteiger partial charge in [0.2, 0.25) is 0 Å². The second kappa shape index (κ2) is 7.36. The van der Waals surface area contributed by atoms with Crippen molar-refractivity contribution in [1.82, 2.24) is 0 Å². The third-order valence-electron chi connectivity index (χ3n) is 4.65. The number of hydrogen-bond donors (Lipinski definition) is 1. The minimum atomic E-state index is -3.62. The Morgan fingerprint density at radius 2 is 0.741 bits per heavy atom. The monoisotopic (exact) mass is 370 g/mol. The molecule has 0 aromatic heterocycles. The van der Waals surface area contributed by atoms with Crippen molar-refractivity contribution in [2.75, 3.05) is 0 Å². The van der Waals surface area contributed by atoms with Crippen molar-refractivity contribution in [2.24, 2.45) is 0 Å². The van der Waals surface area contributed by atoms with Crippen LogP contribution in [-0.2, 0) is 4.57 Å². The molecule has 0 amide bonds. The highest BCUT2D eigenvalue weighted by Gasteiger charge is 2.24. The summed E-state index contributed by atoms with van der Waals surface area (Å²) in [7, 11) is -3.62. The lowest BCUT2D eigenvalue weighted by Crippen LogP contribution is -2.15. The molecule has 4 aromatic carbocycles. The van der Waals surface area contributed by atoms with Crippen LogP contribution in [0.15, 0.2) is 109 Å². The van der Waals surface area contributed by atoms with Gasteiger partial charge in [-0.1, -0.05) is 84.9 Å². The molecule has 132 valence electrons. The molecule has 0 atom stereocenters. The van der Waals surface area contributed by atoms with Crippen molar-refractivity contribution in [3.63, 3.8) is 0 Å². The minimum Gasteiger partial charge on any atom is -0.338 e. The molecule has 0 bridgehead atoms. The van der Waals surface area contributed by atoms with E-state index in [2.05, 4.69) is 0 Å². The Labute approximate surface area is 159 Å². The molecule has 4 rings (SSSR count). The summed E-state index contributed by atoms with van der Waals surface area (Å²) in [6.07, 6.45) is 0. The molecular formula is C24H19O2P. The van der Waals surface area contributed by atoms with Gasteiger partial charge < -0.3 is 4.89 Å². The first-order valence-corrected chi connectivity index (χ1v) is 10.5. The third kappa shape index (κ3) is 3.64. The van der Waals surface area contributed by atoms with Gasteiger partial charge in [0.15, 0.2) is 0 Å². The van der Waals surface area contributed by atoms with E-state index in [0.717, 1.165) is 22.3 Å². The Kier molecular flexibility index (Phi) is 4.77. The molecule has 1 N–H and O–H groups in total. The maximum absolute atomic E-state index is 13.1. The zero-order valence-electron chi connectivity index (χ0n) is 14.7. The molecular weight excluding hydrogens is 351 g/mol. The summed E-state index contributed by atoms with van der Waals surface area (Å²) >= 11 is 0. The molecule has 3 heteroatoms. The highest BCUT2D eigenvalue weighted by atomic mass is 31.2. The van der Waals surface area contributed by atoms with Gasteiger partial charge >= 0.3 is 0 Å². The molecule has 0 aliphatic heterocycles. The van der Waals surface area contributed by atoms with Crippen molar-refractivity contribution >= 4 is 18.0 Å². The second-order valence-corrected chi connectivity index (χ2v) is 8.59. The zero-order valence-corrected chi connectivity index (χ0v) is 15.6. The topological polar surface area (TPSA) is 37.3 Å². The molecule has 0 heterocycles. The van der Waals surface area contributed by atoms with Gasteiger partial charge in [-0.15, -0.1) is 0 Å². The molecule has 0 fully saturated rings. The van der Waals surface area contributed by atoms with Gasteiger partial charge in [-0.05, 0) is 46.5 Å². The van der Waals surface area contributed by atoms with Crippen molar-refractivity contribution in [1.29, 1.82) is 0 Å². The smallest absolute Gasteiger partial charge is 0.258 e. The maximum Gasteiger partial charge on any atom is 0.258 e. The highest BCUT2D eigenvalue weighted by Crippen LogP contribution is 2.39. The molecule has 0 radical (unpaired) electrons. The average Bonchev–Trinajstić information content (AvgIpc) is 2.75. The van der Waals surface area contributed by atoms with E-state index in [4.69, 9.17) is 0 Å². The van der Waals surface area contributed by atoms with Crippen molar-refractivity contribution in [3.8, 4) is 22.3 Å². The van der Waals surface area contributed by atoms with Crippen LogP contribution in [0.2, 0.25) is 0 Å². The second-order valence-electron chi connectivity index (χ2n) is 6.40. The molecule has 0 spiro atoms. The van der Waals surface area contributed by atoms with E-state index in [0.29, 0.717) is 10.6 Å². The summed E-state index contributed by atoms with van der Waals surface area (Å²) in [5, 5.41) is 0.879. The van der Waals surface area contributed by atoms with Crippen molar-refractivity contribution in [2.45, 2.75) is 0 Å². The highest BCUT2D eigenvalue weighted by molar-refractivity contribution is 7.73. The first kappa shape index (κ1) is 17.5. The van der Waals surface area contributed by atoms with Gasteiger partial charge in [0, 0.05) is 10.6 Å². The largest absolute Gasteiger partial charge is 0.338 e. The van der Waals surface area contributed by atoms with Gasteiger partial charge in [0.25, 0.3) is 7.37 Å². The van der Waals surface area contributed by atoms with Crippen LogP contribution >= 0.6 is 7.37 Å². The molecule has 0 aliphatic rings. The fourth-order valence-corrected chi connectivity index (χ4v) is 4.53. The summed E-state index contributed by atoms with van der Waals surface area (Å²) < 4.78 is 13.1. The van der Waals surface area contributed by atoms with Gasteiger partial charge in [-0.2, -0.15) is 0 Å². The fraction of sp³-hybridized carbons (Fsp3) is 0. The van der Waals surface area contributed by atoms with Gasteiger partial charge in [0.1, 0.15) is 0 Å². The Bertz CT molecular complexity index is 984. The predicted molar refractivity (Wildman–Crippen MR) is 113 cm³/mol. The van der Waals surface area contributed by atoms with Crippen molar-refractivity contribution in [3.05, 3.63) is 109 Å². The number of hydrogen-bond acceptors (Lipinski definition) is 1. The summed E-state index contributed by atoms with van der Waals surface area (Å²) in [4.78, 5) is 10.7. The van der Waals surface area contributed by atoms with Crippen LogP contribution < -0.4 is 10.6 Å². The van der Waals surface area contributed by atoms with Crippen LogP contribution in [0.1, 0.15) is 0 Å². The van der Waals surface area contributed by atoms with Gasteiger partial charge in [-0.25, -0.2) is 0 Å². The summed E-state index contributed by atoms with van der Waals surface area (Å²) in [5.74, 6) is 0. The average molecular weight is 370 g/mol. The van der Waals surface area contributed by atoms with Crippen LogP contribution in [0, 0.1) is 0 Å². The lowest BCUT2D eigenvalue weighted by molar-refractivity contribution is 0.501. The van der Waals surface area contributed by atoms with Crippen LogP contribution in [-0.4, -0.2) is 4.89 Å². The number of rotatable bonds is 4. The van der Waals surface area contributed by atoms with Gasteiger partial charge in [0.05, 0.1) is 0 Å². The van der Waals surface area contributed by atoms with E-state index in [9.17, 15) is 9.46 Å². The molecule has 0 unspecified atom stereocenters. The Hall–Kier alpha value is -2.93. The van der Waals surface area contributed by atoms with Crippen LogP contribution in [0.4, 0.5) is 0 Å². The third-order valence-corrected chi connectivity index (χ3v) is 6.65. The fourth-order valence-electron chi connectivity index (χ4n) is 3.12. The zero-order chi connectivity index (χ0) is 18.7. The molecule has 27 heavy (non-hydrogen) atoms. The Morgan fingerprint density at radius 3 is 1.07 bits per heavy atom. The molecule has 2 nitrogen and oxygen atoms in total. The molecule has 4 aromatic rings. The van der Waals surface area contributed by atoms with E-state index in [1.165, 1.54) is 0 Å². The molecule has 0 saturated carbocycles. The molecule has 0 saturated heterocycles. The van der Waals surface area contributed by atoms with Crippen LogP contribution in [0.25, 0.3) is 22.3 Å². The normalized spacial score (nSPS) is 11.3. The van der Waals surface area contributed by atoms with Gasteiger partial charge in [-0.3, -0.25) is 4.57 Å². The van der Waals surface area contributed by atoms with E-state index in [1.807, 2.05) is 84.9 Å². The lowest BCUT2D eigenvalue weighted by Gasteiger charge is -2.13. The van der Waals surface area contributed by atoms with Crippen LogP contribution in [0.3, 0.4) is 0 Å². The SMILES string of the molecule is O=P(O)(c1ccc(-c2ccccc2)cc1)c1ccc(-c2ccccc2)cc1. The molecule has 0 aliphatic carbocycles. The first-order valence-electron chi connectivity index (χ1n) is 8.79. The van der Waals surface area contributed by atoms with E-state index in [1.54, 1.807) is 24.3 Å². The van der Waals surface area contributed by atoms with Crippen LogP contribution in [0.5, 0.6) is 0 Å². The van der Waals surface area contributed by atoms with E-state index < -0.39 is 7.37 Å². The summed E-state index contributed by atoms with van der Waals surface area (Å²) in [6.45, 7) is 0.